The monoisotopic (exact) mass is 354 g/mol. The smallest absolute Gasteiger partial charge is 0.324 e. The van der Waals surface area contributed by atoms with Crippen LogP contribution in [0.25, 0.3) is 0 Å². The number of halogens is 1. The van der Waals surface area contributed by atoms with Gasteiger partial charge in [-0.05, 0) is 25.1 Å². The second-order valence-corrected chi connectivity index (χ2v) is 6.25. The van der Waals surface area contributed by atoms with Crippen LogP contribution in [0.1, 0.15) is 22.4 Å². The molecule has 10 heteroatoms. The van der Waals surface area contributed by atoms with E-state index in [2.05, 4.69) is 30.8 Å². The summed E-state index contributed by atoms with van der Waals surface area (Å²) in [7, 11) is 0. The molecule has 1 atom stereocenters. The first-order valence-electron chi connectivity index (χ1n) is 7.74. The van der Waals surface area contributed by atoms with Gasteiger partial charge >= 0.3 is 5.69 Å². The fourth-order valence-corrected chi connectivity index (χ4v) is 3.93. The van der Waals surface area contributed by atoms with Crippen LogP contribution >= 0.6 is 0 Å². The molecule has 0 fully saturated rings. The van der Waals surface area contributed by atoms with E-state index in [1.54, 1.807) is 6.92 Å². The second kappa shape index (κ2) is 4.48. The lowest BCUT2D eigenvalue weighted by Crippen LogP contribution is -2.46. The lowest BCUT2D eigenvalue weighted by Gasteiger charge is -2.33. The molecular formula is C16H11FN6O3. The molecule has 2 aliphatic rings. The number of benzene rings is 1. The third-order valence-corrected chi connectivity index (χ3v) is 4.86. The van der Waals surface area contributed by atoms with Crippen molar-refractivity contribution in [2.75, 3.05) is 10.6 Å². The molecule has 1 unspecified atom stereocenters. The average molecular weight is 354 g/mol. The molecule has 0 bridgehead atoms. The quantitative estimate of drug-likeness (QED) is 0.402. The second-order valence-electron chi connectivity index (χ2n) is 6.25. The van der Waals surface area contributed by atoms with Crippen molar-refractivity contribution >= 4 is 23.2 Å². The fraction of sp³-hybridized carbons (Fsp3) is 0.125. The summed E-state index contributed by atoms with van der Waals surface area (Å²) < 4.78 is 14.0. The van der Waals surface area contributed by atoms with Gasteiger partial charge in [-0.2, -0.15) is 5.10 Å². The molecule has 2 aliphatic heterocycles. The van der Waals surface area contributed by atoms with Gasteiger partial charge in [-0.25, -0.2) is 9.18 Å². The van der Waals surface area contributed by atoms with Crippen LogP contribution in [0.4, 0.5) is 21.7 Å². The van der Waals surface area contributed by atoms with Gasteiger partial charge < -0.3 is 10.6 Å². The van der Waals surface area contributed by atoms with E-state index in [0.717, 1.165) is 0 Å². The highest BCUT2D eigenvalue weighted by atomic mass is 19.1. The Hall–Kier alpha value is -3.69. The van der Waals surface area contributed by atoms with E-state index in [1.165, 1.54) is 18.2 Å². The first-order chi connectivity index (χ1) is 12.4. The maximum absolute atomic E-state index is 14.0. The van der Waals surface area contributed by atoms with Gasteiger partial charge in [0.2, 0.25) is 5.91 Å². The molecule has 0 aliphatic carbocycles. The summed E-state index contributed by atoms with van der Waals surface area (Å²) in [6.45, 7) is 1.70. The molecule has 1 amide bonds. The molecular weight excluding hydrogens is 343 g/mol. The third-order valence-electron chi connectivity index (χ3n) is 4.86. The highest BCUT2D eigenvalue weighted by molar-refractivity contribution is 6.13. The number of nitrogens with zero attached hydrogens (tertiary/aromatic N) is 1. The molecule has 0 saturated carbocycles. The summed E-state index contributed by atoms with van der Waals surface area (Å²) in [6, 6.07) is 3.87. The van der Waals surface area contributed by atoms with E-state index in [4.69, 9.17) is 0 Å². The van der Waals surface area contributed by atoms with Crippen LogP contribution in [-0.2, 0) is 10.2 Å². The lowest BCUT2D eigenvalue weighted by atomic mass is 9.69. The number of aromatic nitrogens is 4. The van der Waals surface area contributed by atoms with Crippen molar-refractivity contribution in [3.8, 4) is 0 Å². The molecule has 9 nitrogen and oxygen atoms in total. The predicted octanol–water partition coefficient (Wildman–Crippen LogP) is 0.577. The molecule has 130 valence electrons. The van der Waals surface area contributed by atoms with E-state index in [9.17, 15) is 18.8 Å². The van der Waals surface area contributed by atoms with Crippen molar-refractivity contribution in [3.05, 3.63) is 67.2 Å². The van der Waals surface area contributed by atoms with Crippen LogP contribution in [0.3, 0.4) is 0 Å². The number of hydrogen-bond donors (Lipinski definition) is 5. The van der Waals surface area contributed by atoms with E-state index >= 15 is 0 Å². The number of amides is 1. The van der Waals surface area contributed by atoms with E-state index in [1.807, 2.05) is 0 Å². The van der Waals surface area contributed by atoms with Gasteiger partial charge in [-0.15, -0.1) is 0 Å². The van der Waals surface area contributed by atoms with Gasteiger partial charge in [0.25, 0.3) is 5.56 Å². The Labute approximate surface area is 143 Å². The normalized spacial score (nSPS) is 19.5. The van der Waals surface area contributed by atoms with Crippen LogP contribution in [0, 0.1) is 12.7 Å². The zero-order valence-corrected chi connectivity index (χ0v) is 13.3. The number of anilines is 3. The first kappa shape index (κ1) is 14.6. The van der Waals surface area contributed by atoms with Crippen molar-refractivity contribution in [3.63, 3.8) is 0 Å². The Kier molecular flexibility index (Phi) is 2.52. The van der Waals surface area contributed by atoms with Gasteiger partial charge in [-0.1, -0.05) is 0 Å². The topological polar surface area (TPSA) is 136 Å². The number of fused-ring (bicyclic) bond motifs is 6. The Bertz CT molecular complexity index is 1240. The van der Waals surface area contributed by atoms with E-state index < -0.39 is 28.4 Å². The molecule has 26 heavy (non-hydrogen) atoms. The number of rotatable bonds is 0. The predicted molar refractivity (Wildman–Crippen MR) is 89.2 cm³/mol. The zero-order valence-electron chi connectivity index (χ0n) is 13.3. The molecule has 3 aromatic rings. The Morgan fingerprint density at radius 2 is 1.88 bits per heavy atom. The van der Waals surface area contributed by atoms with Crippen LogP contribution in [0.5, 0.6) is 0 Å². The zero-order chi connectivity index (χ0) is 18.2. The van der Waals surface area contributed by atoms with Crippen LogP contribution in [-0.4, -0.2) is 26.1 Å². The van der Waals surface area contributed by atoms with Crippen molar-refractivity contribution in [1.29, 1.82) is 0 Å². The highest BCUT2D eigenvalue weighted by Crippen LogP contribution is 2.53. The number of aromatic amines is 3. The highest BCUT2D eigenvalue weighted by Gasteiger charge is 2.57. The molecule has 5 rings (SSSR count). The number of hydrogen-bond acceptors (Lipinski definition) is 5. The number of aryl methyl sites for hydroxylation is 1. The summed E-state index contributed by atoms with van der Waals surface area (Å²) in [4.78, 5) is 42.3. The molecule has 1 spiro atoms. The number of nitrogens with one attached hydrogen (secondary N) is 5. The molecule has 0 saturated heterocycles. The number of carbonyl (C=O) groups is 1. The minimum absolute atomic E-state index is 0.0176. The summed E-state index contributed by atoms with van der Waals surface area (Å²) >= 11 is 0. The Morgan fingerprint density at radius 3 is 2.69 bits per heavy atom. The van der Waals surface area contributed by atoms with Crippen molar-refractivity contribution in [2.24, 2.45) is 0 Å². The van der Waals surface area contributed by atoms with Gasteiger partial charge in [0, 0.05) is 22.5 Å². The lowest BCUT2D eigenvalue weighted by molar-refractivity contribution is -0.118. The molecule has 1 aromatic carbocycles. The minimum Gasteiger partial charge on any atom is -0.324 e. The maximum atomic E-state index is 14.0. The fourth-order valence-electron chi connectivity index (χ4n) is 3.93. The van der Waals surface area contributed by atoms with Gasteiger partial charge in [0.15, 0.2) is 5.82 Å². The summed E-state index contributed by atoms with van der Waals surface area (Å²) in [5.74, 6) is -0.749. The maximum Gasteiger partial charge on any atom is 0.327 e. The summed E-state index contributed by atoms with van der Waals surface area (Å²) in [5.41, 5.74) is -1.51. The molecule has 0 radical (unpaired) electrons. The number of H-pyrrole nitrogens is 3. The van der Waals surface area contributed by atoms with Crippen molar-refractivity contribution in [2.45, 2.75) is 12.3 Å². The molecule has 5 N–H and O–H groups in total. The van der Waals surface area contributed by atoms with Crippen molar-refractivity contribution in [1.82, 2.24) is 20.2 Å². The largest absolute Gasteiger partial charge is 0.327 e. The van der Waals surface area contributed by atoms with Crippen LogP contribution in [0.2, 0.25) is 0 Å². The molecule has 4 heterocycles. The average Bonchev–Trinajstić information content (AvgIpc) is 3.07. The van der Waals surface area contributed by atoms with Gasteiger partial charge in [0.1, 0.15) is 17.1 Å². The van der Waals surface area contributed by atoms with Gasteiger partial charge in [0.05, 0.1) is 5.56 Å². The summed E-state index contributed by atoms with van der Waals surface area (Å²) in [5, 5.41) is 12.5. The van der Waals surface area contributed by atoms with Crippen LogP contribution in [0.15, 0.2) is 27.8 Å². The Balaban J connectivity index is 2.02. The minimum atomic E-state index is -1.64. The number of carbonyl (C=O) groups excluding carboxylic acids is 1. The Morgan fingerprint density at radius 1 is 1.08 bits per heavy atom. The van der Waals surface area contributed by atoms with Crippen molar-refractivity contribution < 1.29 is 9.18 Å². The SMILES string of the molecule is Cc1[nH]nc2c1C1(C(=O)Nc3ccc(F)cc31)c1c([nH]c(=O)[nH]c1=O)N2. The summed E-state index contributed by atoms with van der Waals surface area (Å²) in [6.07, 6.45) is 0. The van der Waals surface area contributed by atoms with E-state index in [-0.39, 0.29) is 22.8 Å². The standard InChI is InChI=1S/C16H11FN6O3/c1-5-9-12(23-22-5)19-11-10(13(24)21-15(26)20-11)16(9)7-4-6(17)2-3-8(7)18-14(16)25/h2-4H,1H3,(H,18,25)(H4,19,20,21,22,23,24,26). The first-order valence-corrected chi connectivity index (χ1v) is 7.74. The van der Waals surface area contributed by atoms with Crippen LogP contribution < -0.4 is 21.9 Å². The molecule has 2 aromatic heterocycles. The third kappa shape index (κ3) is 1.53. The van der Waals surface area contributed by atoms with Gasteiger partial charge in [-0.3, -0.25) is 24.7 Å². The van der Waals surface area contributed by atoms with E-state index in [0.29, 0.717) is 16.9 Å².